The van der Waals surface area contributed by atoms with Gasteiger partial charge in [0.1, 0.15) is 12.4 Å². The van der Waals surface area contributed by atoms with Crippen LogP contribution >= 0.6 is 0 Å². The summed E-state index contributed by atoms with van der Waals surface area (Å²) in [5.74, 6) is 0.342. The first-order valence-electron chi connectivity index (χ1n) is 10.4. The molecule has 4 rings (SSSR count). The van der Waals surface area contributed by atoms with Gasteiger partial charge in [0, 0.05) is 18.3 Å². The second kappa shape index (κ2) is 9.16. The first-order chi connectivity index (χ1) is 15.3. The van der Waals surface area contributed by atoms with E-state index in [1.807, 2.05) is 19.1 Å². The quantitative estimate of drug-likeness (QED) is 0.651. The maximum absolute atomic E-state index is 13.3. The number of rotatable bonds is 4. The second-order valence-corrected chi connectivity index (χ2v) is 7.87. The molecule has 2 heterocycles. The van der Waals surface area contributed by atoms with Crippen LogP contribution in [0.3, 0.4) is 0 Å². The van der Waals surface area contributed by atoms with Crippen LogP contribution in [0.2, 0.25) is 0 Å². The third-order valence-corrected chi connectivity index (χ3v) is 5.37. The normalized spacial score (nSPS) is 21.1. The number of benzene rings is 1. The zero-order valence-electron chi connectivity index (χ0n) is 17.6. The number of hydrogen-bond acceptors (Lipinski definition) is 4. The van der Waals surface area contributed by atoms with Crippen molar-refractivity contribution < 1.29 is 27.4 Å². The molecule has 1 atom stereocenters. The maximum atomic E-state index is 13.3. The van der Waals surface area contributed by atoms with Gasteiger partial charge in [-0.05, 0) is 42.7 Å². The van der Waals surface area contributed by atoms with Crippen LogP contribution in [0.1, 0.15) is 35.7 Å². The molecule has 1 aromatic rings. The summed E-state index contributed by atoms with van der Waals surface area (Å²) in [4.78, 5) is 19.5. The molecule has 5 nitrogen and oxygen atoms in total. The SMILES string of the molecule is CC1=CC=CN=C(CN2CCOc3ccc(C4=CCC(OC(F)(F)F)C=C4)cc3C2=O)C1. The Balaban J connectivity index is 1.52. The fraction of sp³-hybridized carbons (Fsp3) is 0.333. The van der Waals surface area contributed by atoms with Gasteiger partial charge in [-0.25, -0.2) is 0 Å². The summed E-state index contributed by atoms with van der Waals surface area (Å²) >= 11 is 0. The molecule has 0 radical (unpaired) electrons. The Morgan fingerprint density at radius 1 is 1.31 bits per heavy atom. The Morgan fingerprint density at radius 2 is 2.16 bits per heavy atom. The molecule has 1 aliphatic carbocycles. The summed E-state index contributed by atoms with van der Waals surface area (Å²) in [6.07, 6.45) is 5.33. The highest BCUT2D eigenvalue weighted by Gasteiger charge is 2.33. The molecule has 0 spiro atoms. The van der Waals surface area contributed by atoms with Gasteiger partial charge in [0.15, 0.2) is 0 Å². The monoisotopic (exact) mass is 444 g/mol. The number of halogens is 3. The molecule has 0 saturated carbocycles. The lowest BCUT2D eigenvalue weighted by Crippen LogP contribution is -2.37. The molecule has 0 bridgehead atoms. The Bertz CT molecular complexity index is 1050. The summed E-state index contributed by atoms with van der Waals surface area (Å²) < 4.78 is 47.1. The highest BCUT2D eigenvalue weighted by molar-refractivity contribution is 6.01. The predicted molar refractivity (Wildman–Crippen MR) is 115 cm³/mol. The van der Waals surface area contributed by atoms with E-state index in [0.29, 0.717) is 37.4 Å². The number of carbonyl (C=O) groups excluding carboxylic acids is 1. The fourth-order valence-electron chi connectivity index (χ4n) is 3.86. The van der Waals surface area contributed by atoms with Crippen LogP contribution in [0.15, 0.2) is 65.3 Å². The molecule has 0 aromatic heterocycles. The Labute approximate surface area is 184 Å². The minimum atomic E-state index is -4.68. The molecule has 1 aromatic carbocycles. The minimum absolute atomic E-state index is 0.0964. The van der Waals surface area contributed by atoms with Crippen molar-refractivity contribution in [2.75, 3.05) is 19.7 Å². The Kier molecular flexibility index (Phi) is 6.32. The second-order valence-electron chi connectivity index (χ2n) is 7.87. The molecular weight excluding hydrogens is 421 g/mol. The molecule has 32 heavy (non-hydrogen) atoms. The molecule has 8 heteroatoms. The highest BCUT2D eigenvalue weighted by atomic mass is 19.4. The number of alkyl halides is 3. The van der Waals surface area contributed by atoms with E-state index < -0.39 is 12.5 Å². The van der Waals surface area contributed by atoms with E-state index in [0.717, 1.165) is 16.8 Å². The highest BCUT2D eigenvalue weighted by Crippen LogP contribution is 2.31. The van der Waals surface area contributed by atoms with E-state index in [-0.39, 0.29) is 12.3 Å². The Morgan fingerprint density at radius 3 is 2.91 bits per heavy atom. The standard InChI is InChI=1S/C24H23F3N2O3/c1-16-3-2-10-28-19(13-16)15-29-11-12-31-22-9-6-18(14-21(22)23(29)30)17-4-7-20(8-5-17)32-24(25,26)27/h2-7,9-10,14,20H,8,11-13,15H2,1H3. The van der Waals surface area contributed by atoms with Gasteiger partial charge in [-0.2, -0.15) is 0 Å². The molecular formula is C24H23F3N2O3. The third kappa shape index (κ3) is 5.37. The summed E-state index contributed by atoms with van der Waals surface area (Å²) in [7, 11) is 0. The van der Waals surface area contributed by atoms with E-state index >= 15 is 0 Å². The van der Waals surface area contributed by atoms with Crippen LogP contribution in [0.4, 0.5) is 13.2 Å². The summed E-state index contributed by atoms with van der Waals surface area (Å²) in [6, 6.07) is 5.27. The number of carbonyl (C=O) groups is 1. The van der Waals surface area contributed by atoms with Crippen molar-refractivity contribution in [3.8, 4) is 5.75 Å². The maximum Gasteiger partial charge on any atom is 0.523 e. The number of fused-ring (bicyclic) bond motifs is 1. The number of aliphatic imine (C=N–C) groups is 1. The van der Waals surface area contributed by atoms with Crippen molar-refractivity contribution >= 4 is 17.2 Å². The Hall–Kier alpha value is -3.13. The van der Waals surface area contributed by atoms with Crippen LogP contribution in [-0.2, 0) is 4.74 Å². The lowest BCUT2D eigenvalue weighted by molar-refractivity contribution is -0.335. The van der Waals surface area contributed by atoms with Crippen molar-refractivity contribution in [1.29, 1.82) is 0 Å². The van der Waals surface area contributed by atoms with Crippen LogP contribution in [0.25, 0.3) is 5.57 Å². The van der Waals surface area contributed by atoms with Crippen LogP contribution in [0.5, 0.6) is 5.75 Å². The van der Waals surface area contributed by atoms with Crippen LogP contribution in [-0.4, -0.2) is 48.7 Å². The summed E-state index contributed by atoms with van der Waals surface area (Å²) in [5.41, 5.74) is 3.96. The van der Waals surface area contributed by atoms with Gasteiger partial charge >= 0.3 is 6.36 Å². The van der Waals surface area contributed by atoms with Gasteiger partial charge in [-0.1, -0.05) is 35.9 Å². The summed E-state index contributed by atoms with van der Waals surface area (Å²) in [6.45, 7) is 3.23. The topological polar surface area (TPSA) is 51.1 Å². The molecule has 168 valence electrons. The van der Waals surface area contributed by atoms with Gasteiger partial charge in [0.2, 0.25) is 0 Å². The first-order valence-corrected chi connectivity index (χ1v) is 10.4. The lowest BCUT2D eigenvalue weighted by atomic mass is 9.96. The zero-order valence-corrected chi connectivity index (χ0v) is 17.6. The van der Waals surface area contributed by atoms with Gasteiger partial charge in [0.25, 0.3) is 5.91 Å². The van der Waals surface area contributed by atoms with Gasteiger partial charge in [0.05, 0.1) is 24.8 Å². The van der Waals surface area contributed by atoms with E-state index in [9.17, 15) is 18.0 Å². The van der Waals surface area contributed by atoms with Gasteiger partial charge in [-0.15, -0.1) is 13.2 Å². The lowest BCUT2D eigenvalue weighted by Gasteiger charge is -2.21. The largest absolute Gasteiger partial charge is 0.523 e. The average Bonchev–Trinajstić information content (AvgIpc) is 3.04. The van der Waals surface area contributed by atoms with E-state index in [1.165, 1.54) is 11.6 Å². The minimum Gasteiger partial charge on any atom is -0.491 e. The number of allylic oxidation sites excluding steroid dienone is 5. The fourth-order valence-corrected chi connectivity index (χ4v) is 3.86. The van der Waals surface area contributed by atoms with Crippen LogP contribution < -0.4 is 4.74 Å². The van der Waals surface area contributed by atoms with E-state index in [2.05, 4.69) is 9.73 Å². The van der Waals surface area contributed by atoms with Crippen molar-refractivity contribution in [3.05, 3.63) is 71.5 Å². The molecule has 0 fully saturated rings. The average molecular weight is 444 g/mol. The van der Waals surface area contributed by atoms with Crippen LogP contribution in [0, 0.1) is 0 Å². The molecule has 1 amide bonds. The number of ether oxygens (including phenoxy) is 2. The number of hydrogen-bond donors (Lipinski definition) is 0. The van der Waals surface area contributed by atoms with Gasteiger partial charge < -0.3 is 9.64 Å². The summed E-state index contributed by atoms with van der Waals surface area (Å²) in [5, 5.41) is 0. The molecule has 1 unspecified atom stereocenters. The number of nitrogens with zero attached hydrogens (tertiary/aromatic N) is 2. The molecule has 0 N–H and O–H groups in total. The number of amides is 1. The zero-order chi connectivity index (χ0) is 22.7. The third-order valence-electron chi connectivity index (χ3n) is 5.37. The molecule has 3 aliphatic rings. The predicted octanol–water partition coefficient (Wildman–Crippen LogP) is 5.07. The van der Waals surface area contributed by atoms with E-state index in [4.69, 9.17) is 4.74 Å². The molecule has 2 aliphatic heterocycles. The van der Waals surface area contributed by atoms with Crippen molar-refractivity contribution in [1.82, 2.24) is 4.90 Å². The smallest absolute Gasteiger partial charge is 0.491 e. The van der Waals surface area contributed by atoms with Crippen molar-refractivity contribution in [3.63, 3.8) is 0 Å². The molecule has 0 saturated heterocycles. The van der Waals surface area contributed by atoms with E-state index in [1.54, 1.807) is 41.5 Å². The van der Waals surface area contributed by atoms with Gasteiger partial charge in [-0.3, -0.25) is 14.5 Å². The van der Waals surface area contributed by atoms with Crippen molar-refractivity contribution in [2.24, 2.45) is 4.99 Å². The van der Waals surface area contributed by atoms with Crippen molar-refractivity contribution in [2.45, 2.75) is 32.2 Å². The first kappa shape index (κ1) is 22.1.